The molecule has 0 radical (unpaired) electrons. The maximum atomic E-state index is 14.8. The second-order valence-electron chi connectivity index (χ2n) is 9.18. The van der Waals surface area contributed by atoms with E-state index in [0.29, 0.717) is 11.6 Å². The molecule has 4 bridgehead atoms. The Labute approximate surface area is 227 Å². The van der Waals surface area contributed by atoms with E-state index in [2.05, 4.69) is 15.2 Å². The smallest absolute Gasteiger partial charge is 0.426 e. The summed E-state index contributed by atoms with van der Waals surface area (Å²) in [5.41, 5.74) is -5.94. The van der Waals surface area contributed by atoms with Gasteiger partial charge in [-0.1, -0.05) is 30.3 Å². The van der Waals surface area contributed by atoms with Crippen molar-refractivity contribution in [1.29, 1.82) is 0 Å². The van der Waals surface area contributed by atoms with Crippen LogP contribution in [0.15, 0.2) is 40.8 Å². The fraction of sp³-hybridized carbons (Fsp3) is 0.400. The van der Waals surface area contributed by atoms with Gasteiger partial charge in [0.2, 0.25) is 11.5 Å². The molecular formula is C25H22F6N4O6. The summed E-state index contributed by atoms with van der Waals surface area (Å²) in [5, 5.41) is 17.9. The van der Waals surface area contributed by atoms with Crippen LogP contribution in [0.2, 0.25) is 0 Å². The molecule has 3 heterocycles. The Morgan fingerprint density at radius 2 is 1.85 bits per heavy atom. The van der Waals surface area contributed by atoms with Crippen LogP contribution >= 0.6 is 0 Å². The van der Waals surface area contributed by atoms with Crippen LogP contribution < -0.4 is 10.1 Å². The highest BCUT2D eigenvalue weighted by atomic mass is 19.4. The normalized spacial score (nSPS) is 20.2. The van der Waals surface area contributed by atoms with Crippen molar-refractivity contribution in [3.8, 4) is 17.5 Å². The van der Waals surface area contributed by atoms with Gasteiger partial charge in [0.15, 0.2) is 5.69 Å². The van der Waals surface area contributed by atoms with E-state index in [1.54, 1.807) is 23.5 Å². The van der Waals surface area contributed by atoms with Crippen LogP contribution in [0.5, 0.6) is 5.88 Å². The minimum absolute atomic E-state index is 0.148. The Bertz CT molecular complexity index is 1410. The fourth-order valence-corrected chi connectivity index (χ4v) is 4.07. The van der Waals surface area contributed by atoms with Crippen LogP contribution in [0.3, 0.4) is 0 Å². The Morgan fingerprint density at radius 1 is 1.15 bits per heavy atom. The second kappa shape index (κ2) is 11.3. The summed E-state index contributed by atoms with van der Waals surface area (Å²) in [5.74, 6) is -3.67. The first-order chi connectivity index (χ1) is 19.2. The largest absolute Gasteiger partial charge is 0.474 e. The van der Waals surface area contributed by atoms with Gasteiger partial charge in [-0.2, -0.15) is 26.3 Å². The van der Waals surface area contributed by atoms with Crippen molar-refractivity contribution in [3.05, 3.63) is 53.4 Å². The quantitative estimate of drug-likeness (QED) is 0.345. The van der Waals surface area contributed by atoms with Crippen molar-refractivity contribution in [2.24, 2.45) is 0 Å². The lowest BCUT2D eigenvalue weighted by Crippen LogP contribution is -2.45. The van der Waals surface area contributed by atoms with Crippen molar-refractivity contribution in [3.63, 3.8) is 0 Å². The molecule has 3 aromatic rings. The van der Waals surface area contributed by atoms with Crippen molar-refractivity contribution in [2.45, 2.75) is 63.3 Å². The molecule has 0 fully saturated rings. The second-order valence-corrected chi connectivity index (χ2v) is 9.18. The van der Waals surface area contributed by atoms with Gasteiger partial charge in [-0.3, -0.25) is 10.1 Å². The van der Waals surface area contributed by atoms with Gasteiger partial charge in [0.1, 0.15) is 11.3 Å². The third kappa shape index (κ3) is 6.58. The highest BCUT2D eigenvalue weighted by Crippen LogP contribution is 2.47. The minimum atomic E-state index is -5.21. The lowest BCUT2D eigenvalue weighted by Gasteiger charge is -2.32. The number of Topliss-reactive ketones (excluding diaryl/α,β-unsaturated/α-hetero) is 1. The van der Waals surface area contributed by atoms with Crippen molar-refractivity contribution in [1.82, 2.24) is 15.2 Å². The Hall–Kier alpha value is -4.21. The number of anilines is 1. The summed E-state index contributed by atoms with van der Waals surface area (Å²) >= 11 is 0. The maximum absolute atomic E-state index is 14.8. The molecule has 10 nitrogen and oxygen atoms in total. The number of pyridine rings is 1. The average Bonchev–Trinajstić information content (AvgIpc) is 3.37. The number of fused-ring (bicyclic) bond motifs is 5. The predicted octanol–water partition coefficient (Wildman–Crippen LogP) is 6.13. The molecular weight excluding hydrogens is 566 g/mol. The van der Waals surface area contributed by atoms with Gasteiger partial charge in [0, 0.05) is 19.3 Å². The molecule has 220 valence electrons. The molecule has 0 unspecified atom stereocenters. The van der Waals surface area contributed by atoms with E-state index < -0.39 is 90.0 Å². The zero-order chi connectivity index (χ0) is 30.0. The molecule has 0 aliphatic carbocycles. The molecule has 1 aliphatic heterocycles. The van der Waals surface area contributed by atoms with Crippen LogP contribution in [0.4, 0.5) is 36.8 Å². The number of alkyl halides is 6. The Morgan fingerprint density at radius 3 is 2.49 bits per heavy atom. The van der Waals surface area contributed by atoms with Gasteiger partial charge in [-0.25, -0.2) is 9.78 Å². The van der Waals surface area contributed by atoms with Gasteiger partial charge < -0.3 is 19.0 Å². The molecule has 0 saturated carbocycles. The first-order valence-electron chi connectivity index (χ1n) is 12.1. The molecule has 41 heavy (non-hydrogen) atoms. The monoisotopic (exact) mass is 588 g/mol. The molecule has 1 aromatic carbocycles. The third-order valence-electron chi connectivity index (χ3n) is 6.19. The molecule has 1 amide bonds. The minimum Gasteiger partial charge on any atom is -0.474 e. The summed E-state index contributed by atoms with van der Waals surface area (Å²) < 4.78 is 102. The van der Waals surface area contributed by atoms with Crippen LogP contribution in [-0.2, 0) is 27.9 Å². The summed E-state index contributed by atoms with van der Waals surface area (Å²) in [6.45, 7) is 0.767. The third-order valence-corrected chi connectivity index (χ3v) is 6.19. The fourth-order valence-electron chi connectivity index (χ4n) is 4.07. The number of ether oxygens (including phenoxy) is 2. The van der Waals surface area contributed by atoms with E-state index in [9.17, 15) is 41.0 Å². The summed E-state index contributed by atoms with van der Waals surface area (Å²) in [7, 11) is 0. The maximum Gasteiger partial charge on any atom is 0.426 e. The van der Waals surface area contributed by atoms with Crippen molar-refractivity contribution in [2.75, 3.05) is 5.32 Å². The number of carbonyl (C=O) groups excluding carboxylic acids is 1. The van der Waals surface area contributed by atoms with E-state index >= 15 is 0 Å². The number of hydrogen-bond donors (Lipinski definition) is 2. The molecule has 2 N–H and O–H groups in total. The number of hydrogen-bond acceptors (Lipinski definition) is 8. The first kappa shape index (κ1) is 29.8. The molecule has 2 atom stereocenters. The number of benzene rings is 1. The number of halogens is 6. The van der Waals surface area contributed by atoms with E-state index in [4.69, 9.17) is 13.9 Å². The van der Waals surface area contributed by atoms with E-state index in [0.717, 1.165) is 0 Å². The highest BCUT2D eigenvalue weighted by molar-refractivity contribution is 5.88. The van der Waals surface area contributed by atoms with E-state index in [1.807, 2.05) is 0 Å². The number of carboxylic acid groups (broad SMARTS) is 1. The van der Waals surface area contributed by atoms with Gasteiger partial charge in [0.05, 0.1) is 18.4 Å². The molecule has 2 aromatic heterocycles. The van der Waals surface area contributed by atoms with Gasteiger partial charge in [-0.15, -0.1) is 10.2 Å². The van der Waals surface area contributed by atoms with Crippen molar-refractivity contribution < 1.29 is 54.9 Å². The van der Waals surface area contributed by atoms with Gasteiger partial charge >= 0.3 is 18.4 Å². The topological polar surface area (TPSA) is 137 Å². The molecule has 4 rings (SSSR count). The first-order valence-corrected chi connectivity index (χ1v) is 12.1. The zero-order valence-corrected chi connectivity index (χ0v) is 21.2. The number of nitrogens with one attached hydrogen (secondary N) is 1. The predicted molar refractivity (Wildman–Crippen MR) is 127 cm³/mol. The van der Waals surface area contributed by atoms with Crippen LogP contribution in [0.1, 0.15) is 49.6 Å². The molecule has 1 aliphatic rings. The number of carbonyl (C=O) groups is 2. The Kier molecular flexibility index (Phi) is 8.24. The number of nitrogens with zero attached hydrogens (tertiary/aromatic N) is 3. The van der Waals surface area contributed by atoms with Crippen LogP contribution in [0.25, 0.3) is 11.6 Å². The Balaban J connectivity index is 1.92. The summed E-state index contributed by atoms with van der Waals surface area (Å²) in [6, 6.07) is 8.17. The van der Waals surface area contributed by atoms with Crippen LogP contribution in [-0.4, -0.2) is 44.4 Å². The molecule has 16 heteroatoms. The number of ketones is 1. The highest BCUT2D eigenvalue weighted by Gasteiger charge is 2.61. The van der Waals surface area contributed by atoms with E-state index in [-0.39, 0.29) is 12.8 Å². The molecule has 0 spiro atoms. The summed E-state index contributed by atoms with van der Waals surface area (Å²) in [6.07, 6.45) is -15.2. The standard InChI is InChI=1S/C25H22F6N4O6/c1-13-7-8-15(36)9-10-23(25(29,30)31,39-12-14-5-3-2-4-6-14)21-35-34-20(41-21)18-17(32-22(37)38)11-16(24(26,27)28)19(33-18)40-13/h2-6,11,13,32H,7-10,12H2,1H3,(H,37,38)/t13-,23-/m1/s1. The number of rotatable bonds is 4. The molecule has 0 saturated heterocycles. The summed E-state index contributed by atoms with van der Waals surface area (Å²) in [4.78, 5) is 27.7. The lowest BCUT2D eigenvalue weighted by atomic mass is 9.93. The number of aromatic nitrogens is 3. The zero-order valence-electron chi connectivity index (χ0n) is 21.2. The van der Waals surface area contributed by atoms with Gasteiger partial charge in [-0.05, 0) is 25.0 Å². The lowest BCUT2D eigenvalue weighted by molar-refractivity contribution is -0.299. The average molecular weight is 588 g/mol. The van der Waals surface area contributed by atoms with Crippen LogP contribution in [0, 0.1) is 0 Å². The number of amides is 1. The van der Waals surface area contributed by atoms with Crippen molar-refractivity contribution >= 4 is 17.6 Å². The SMILES string of the molecule is C[C@@H]1CCC(=O)CC[C@](OCc2ccccc2)(C(F)(F)F)c2nnc(o2)-c2nc(c(C(F)(F)F)cc2NC(=O)O)O1. The van der Waals surface area contributed by atoms with E-state index in [1.165, 1.54) is 19.1 Å². The van der Waals surface area contributed by atoms with Gasteiger partial charge in [0.25, 0.3) is 11.8 Å².